The van der Waals surface area contributed by atoms with E-state index in [9.17, 15) is 39.0 Å². The van der Waals surface area contributed by atoms with Crippen LogP contribution in [0.2, 0.25) is 0 Å². The highest BCUT2D eigenvalue weighted by molar-refractivity contribution is 5.95. The van der Waals surface area contributed by atoms with Crippen LogP contribution in [0.15, 0.2) is 0 Å². The van der Waals surface area contributed by atoms with Crippen molar-refractivity contribution in [2.45, 2.75) is 56.5 Å². The van der Waals surface area contributed by atoms with E-state index in [4.69, 9.17) is 21.7 Å². The van der Waals surface area contributed by atoms with E-state index < -0.39 is 85.3 Å². The molecule has 0 aliphatic rings. The van der Waals surface area contributed by atoms with E-state index in [1.165, 1.54) is 0 Å². The van der Waals surface area contributed by atoms with Gasteiger partial charge in [0.05, 0.1) is 25.2 Å². The number of nitrogens with one attached hydrogen (secondary N) is 3. The van der Waals surface area contributed by atoms with Gasteiger partial charge in [0.1, 0.15) is 18.1 Å². The lowest BCUT2D eigenvalue weighted by Gasteiger charge is -2.25. The van der Waals surface area contributed by atoms with Crippen molar-refractivity contribution >= 4 is 35.6 Å². The van der Waals surface area contributed by atoms with Gasteiger partial charge in [0.15, 0.2) is 0 Å². The number of rotatable bonds is 14. The molecule has 5 atom stereocenters. The van der Waals surface area contributed by atoms with Crippen LogP contribution in [-0.4, -0.2) is 92.9 Å². The fourth-order valence-corrected chi connectivity index (χ4v) is 2.20. The average Bonchev–Trinajstić information content (AvgIpc) is 2.66. The van der Waals surface area contributed by atoms with Gasteiger partial charge in [-0.2, -0.15) is 0 Å². The molecule has 0 aliphatic carbocycles. The number of amides is 4. The third-order valence-electron chi connectivity index (χ3n) is 3.90. The lowest BCUT2D eigenvalue weighted by Crippen LogP contribution is -2.60. The second kappa shape index (κ2) is 13.1. The summed E-state index contributed by atoms with van der Waals surface area (Å²) in [6.07, 6.45) is -2.89. The second-order valence-electron chi connectivity index (χ2n) is 6.58. The second-order valence-corrected chi connectivity index (χ2v) is 6.58. The highest BCUT2D eigenvalue weighted by Crippen LogP contribution is 2.01. The smallest absolute Gasteiger partial charge is 0.326 e. The van der Waals surface area contributed by atoms with Crippen molar-refractivity contribution in [1.29, 1.82) is 0 Å². The summed E-state index contributed by atoms with van der Waals surface area (Å²) in [5.74, 6) is -7.03. The molecule has 0 radical (unpaired) electrons. The van der Waals surface area contributed by atoms with Crippen molar-refractivity contribution in [3.63, 3.8) is 0 Å². The average molecular weight is 449 g/mol. The maximum Gasteiger partial charge on any atom is 0.326 e. The number of hydrogen-bond donors (Lipinski definition) is 9. The molecular formula is C16H27N5O10. The monoisotopic (exact) mass is 449 g/mol. The maximum absolute atomic E-state index is 12.4. The summed E-state index contributed by atoms with van der Waals surface area (Å²) < 4.78 is 0. The Morgan fingerprint density at radius 3 is 1.87 bits per heavy atom. The lowest BCUT2D eigenvalue weighted by atomic mass is 10.1. The summed E-state index contributed by atoms with van der Waals surface area (Å²) in [6, 6.07) is -6.34. The Labute approximate surface area is 176 Å². The number of carbonyl (C=O) groups excluding carboxylic acids is 4. The Kier molecular flexibility index (Phi) is 11.7. The predicted molar refractivity (Wildman–Crippen MR) is 101 cm³/mol. The van der Waals surface area contributed by atoms with Crippen molar-refractivity contribution < 1.29 is 49.2 Å². The first kappa shape index (κ1) is 27.7. The van der Waals surface area contributed by atoms with E-state index in [2.05, 4.69) is 5.32 Å². The maximum atomic E-state index is 12.4. The number of aliphatic carboxylic acids is 2. The Balaban J connectivity index is 5.15. The molecule has 0 fully saturated rings. The van der Waals surface area contributed by atoms with Crippen molar-refractivity contribution in [1.82, 2.24) is 16.0 Å². The third kappa shape index (κ3) is 10.3. The minimum Gasteiger partial charge on any atom is -0.481 e. The van der Waals surface area contributed by atoms with Crippen molar-refractivity contribution in [2.75, 3.05) is 6.61 Å². The number of carbonyl (C=O) groups is 6. The van der Waals surface area contributed by atoms with Gasteiger partial charge in [-0.1, -0.05) is 0 Å². The highest BCUT2D eigenvalue weighted by atomic mass is 16.4. The van der Waals surface area contributed by atoms with Gasteiger partial charge in [-0.05, 0) is 13.3 Å². The fourth-order valence-electron chi connectivity index (χ4n) is 2.20. The number of aliphatic hydroxyl groups excluding tert-OH is 2. The molecule has 0 saturated carbocycles. The number of hydrogen-bond acceptors (Lipinski definition) is 9. The van der Waals surface area contributed by atoms with E-state index in [0.717, 1.165) is 6.92 Å². The molecule has 0 aromatic carbocycles. The van der Waals surface area contributed by atoms with Gasteiger partial charge in [0, 0.05) is 6.42 Å². The van der Waals surface area contributed by atoms with Gasteiger partial charge < -0.3 is 47.8 Å². The predicted octanol–water partition coefficient (Wildman–Crippen LogP) is -5.03. The van der Waals surface area contributed by atoms with Crippen LogP contribution in [0.25, 0.3) is 0 Å². The van der Waals surface area contributed by atoms with Crippen LogP contribution in [0.3, 0.4) is 0 Å². The van der Waals surface area contributed by atoms with Crippen LogP contribution >= 0.6 is 0 Å². The van der Waals surface area contributed by atoms with Gasteiger partial charge in [0.2, 0.25) is 23.6 Å². The molecule has 11 N–H and O–H groups in total. The molecule has 15 heteroatoms. The number of carboxylic acid groups (broad SMARTS) is 2. The van der Waals surface area contributed by atoms with E-state index >= 15 is 0 Å². The molecule has 4 amide bonds. The SMILES string of the molecule is CC(O)C(NC(=O)C(N)CCC(=O)O)C(=O)NC(CO)C(=O)NC(CC(N)=O)C(=O)O. The number of primary amides is 1. The largest absolute Gasteiger partial charge is 0.481 e. The van der Waals surface area contributed by atoms with Crippen molar-refractivity contribution in [2.24, 2.45) is 11.5 Å². The first-order valence-corrected chi connectivity index (χ1v) is 8.98. The zero-order valence-electron chi connectivity index (χ0n) is 16.6. The molecule has 31 heavy (non-hydrogen) atoms. The Hall–Kier alpha value is -3.30. The van der Waals surface area contributed by atoms with Crippen LogP contribution < -0.4 is 27.4 Å². The highest BCUT2D eigenvalue weighted by Gasteiger charge is 2.32. The minimum atomic E-state index is -1.71. The van der Waals surface area contributed by atoms with E-state index in [-0.39, 0.29) is 6.42 Å². The van der Waals surface area contributed by atoms with Crippen molar-refractivity contribution in [3.05, 3.63) is 0 Å². The Morgan fingerprint density at radius 2 is 1.45 bits per heavy atom. The normalized spacial score (nSPS) is 15.5. The first-order chi connectivity index (χ1) is 14.3. The van der Waals surface area contributed by atoms with Gasteiger partial charge in [-0.3, -0.25) is 24.0 Å². The summed E-state index contributed by atoms with van der Waals surface area (Å²) in [7, 11) is 0. The summed E-state index contributed by atoms with van der Waals surface area (Å²) in [4.78, 5) is 69.1. The molecule has 15 nitrogen and oxygen atoms in total. The van der Waals surface area contributed by atoms with Crippen LogP contribution in [0.5, 0.6) is 0 Å². The Bertz CT molecular complexity index is 698. The number of nitrogens with two attached hydrogens (primary N) is 2. The lowest BCUT2D eigenvalue weighted by molar-refractivity contribution is -0.144. The molecular weight excluding hydrogens is 422 g/mol. The fraction of sp³-hybridized carbons (Fsp3) is 0.625. The summed E-state index contributed by atoms with van der Waals surface area (Å²) in [6.45, 7) is 0.147. The van der Waals surface area contributed by atoms with Crippen molar-refractivity contribution in [3.8, 4) is 0 Å². The molecule has 0 heterocycles. The molecule has 0 aromatic heterocycles. The minimum absolute atomic E-state index is 0.243. The quantitative estimate of drug-likeness (QED) is 0.121. The summed E-state index contributed by atoms with van der Waals surface area (Å²) in [5, 5.41) is 42.8. The summed E-state index contributed by atoms with van der Waals surface area (Å²) >= 11 is 0. The standard InChI is InChI=1S/C16H27N5O10/c1-6(23)12(21-13(27)7(17)2-3-11(25)26)15(29)20-9(5-22)14(28)19-8(16(30)31)4-10(18)24/h6-9,12,22-23H,2-5,17H2,1H3,(H2,18,24)(H,19,28)(H,20,29)(H,21,27)(H,25,26)(H,30,31). The summed E-state index contributed by atoms with van der Waals surface area (Å²) in [5.41, 5.74) is 10.4. The van der Waals surface area contributed by atoms with Crippen LogP contribution in [0.4, 0.5) is 0 Å². The molecule has 0 spiro atoms. The van der Waals surface area contributed by atoms with Gasteiger partial charge in [-0.15, -0.1) is 0 Å². The number of aliphatic hydroxyl groups is 2. The van der Waals surface area contributed by atoms with E-state index in [1.807, 2.05) is 10.6 Å². The molecule has 176 valence electrons. The van der Waals surface area contributed by atoms with Gasteiger partial charge in [-0.25, -0.2) is 4.79 Å². The van der Waals surface area contributed by atoms with Gasteiger partial charge >= 0.3 is 11.9 Å². The number of carboxylic acids is 2. The molecule has 0 aliphatic heterocycles. The Morgan fingerprint density at radius 1 is 0.903 bits per heavy atom. The van der Waals surface area contributed by atoms with E-state index in [1.54, 1.807) is 0 Å². The van der Waals surface area contributed by atoms with Gasteiger partial charge in [0.25, 0.3) is 0 Å². The van der Waals surface area contributed by atoms with Crippen LogP contribution in [0.1, 0.15) is 26.2 Å². The van der Waals surface area contributed by atoms with Crippen LogP contribution in [-0.2, 0) is 28.8 Å². The molecule has 0 saturated heterocycles. The topological polar surface area (TPSA) is 271 Å². The zero-order valence-corrected chi connectivity index (χ0v) is 16.6. The molecule has 0 rings (SSSR count). The van der Waals surface area contributed by atoms with Crippen LogP contribution in [0, 0.1) is 0 Å². The third-order valence-corrected chi connectivity index (χ3v) is 3.90. The molecule has 0 bridgehead atoms. The zero-order chi connectivity index (χ0) is 24.3. The molecule has 5 unspecified atom stereocenters. The first-order valence-electron chi connectivity index (χ1n) is 8.98. The molecule has 0 aromatic rings. The van der Waals surface area contributed by atoms with E-state index in [0.29, 0.717) is 0 Å².